The second kappa shape index (κ2) is 4.89. The molecule has 90 valence electrons. The van der Waals surface area contributed by atoms with Gasteiger partial charge in [0, 0.05) is 18.0 Å². The number of aromatic nitrogens is 1. The van der Waals surface area contributed by atoms with Crippen LogP contribution in [-0.4, -0.2) is 12.1 Å². The van der Waals surface area contributed by atoms with Crippen LogP contribution in [0.3, 0.4) is 0 Å². The van der Waals surface area contributed by atoms with Crippen LogP contribution in [0.5, 0.6) is 5.75 Å². The maximum atomic E-state index is 9.13. The van der Waals surface area contributed by atoms with Crippen molar-refractivity contribution < 1.29 is 4.74 Å². The fraction of sp³-hybridized carbons (Fsp3) is 0.200. The van der Waals surface area contributed by atoms with Gasteiger partial charge in [-0.1, -0.05) is 6.07 Å². The summed E-state index contributed by atoms with van der Waals surface area (Å²) in [5.41, 5.74) is 4.76. The monoisotopic (exact) mass is 238 g/mol. The largest absolute Gasteiger partial charge is 0.496 e. The first-order valence-electron chi connectivity index (χ1n) is 5.67. The first kappa shape index (κ1) is 12.1. The lowest BCUT2D eigenvalue weighted by Crippen LogP contribution is -1.94. The Bertz CT molecular complexity index is 627. The highest BCUT2D eigenvalue weighted by Crippen LogP contribution is 2.32. The summed E-state index contributed by atoms with van der Waals surface area (Å²) in [6.45, 7) is 4.06. The van der Waals surface area contributed by atoms with Crippen LogP contribution >= 0.6 is 0 Å². The van der Waals surface area contributed by atoms with Gasteiger partial charge in [0.2, 0.25) is 0 Å². The second-order valence-electron chi connectivity index (χ2n) is 4.10. The highest BCUT2D eigenvalue weighted by Gasteiger charge is 2.11. The van der Waals surface area contributed by atoms with Crippen LogP contribution in [0, 0.1) is 25.2 Å². The fourth-order valence-electron chi connectivity index (χ4n) is 2.03. The van der Waals surface area contributed by atoms with E-state index in [2.05, 4.69) is 11.1 Å². The summed E-state index contributed by atoms with van der Waals surface area (Å²) in [6.07, 6.45) is 3.30. The minimum Gasteiger partial charge on any atom is -0.496 e. The smallest absolute Gasteiger partial charge is 0.122 e. The van der Waals surface area contributed by atoms with Crippen molar-refractivity contribution in [3.05, 3.63) is 47.3 Å². The van der Waals surface area contributed by atoms with E-state index >= 15 is 0 Å². The molecule has 2 rings (SSSR count). The minimum atomic E-state index is 0.588. The number of pyridine rings is 1. The molecule has 0 aliphatic heterocycles. The first-order valence-corrected chi connectivity index (χ1v) is 5.67. The summed E-state index contributed by atoms with van der Waals surface area (Å²) in [5.74, 6) is 0.865. The van der Waals surface area contributed by atoms with Crippen molar-refractivity contribution in [1.82, 2.24) is 4.98 Å². The van der Waals surface area contributed by atoms with Crippen LogP contribution in [0.25, 0.3) is 11.1 Å². The van der Waals surface area contributed by atoms with Crippen molar-refractivity contribution in [1.29, 1.82) is 5.26 Å². The molecule has 0 unspecified atom stereocenters. The van der Waals surface area contributed by atoms with Gasteiger partial charge in [0.1, 0.15) is 11.8 Å². The van der Waals surface area contributed by atoms with E-state index in [1.165, 1.54) is 0 Å². The summed E-state index contributed by atoms with van der Waals surface area (Å²) >= 11 is 0. The van der Waals surface area contributed by atoms with E-state index < -0.39 is 0 Å². The number of nitrogens with zero attached hydrogens (tertiary/aromatic N) is 2. The summed E-state index contributed by atoms with van der Waals surface area (Å²) in [6, 6.07) is 7.96. The normalized spacial score (nSPS) is 9.89. The van der Waals surface area contributed by atoms with Crippen molar-refractivity contribution in [3.63, 3.8) is 0 Å². The molecule has 0 saturated carbocycles. The van der Waals surface area contributed by atoms with Gasteiger partial charge in [0.05, 0.1) is 12.7 Å². The van der Waals surface area contributed by atoms with Crippen molar-refractivity contribution in [2.75, 3.05) is 7.11 Å². The average Bonchev–Trinajstić information content (AvgIpc) is 2.42. The summed E-state index contributed by atoms with van der Waals surface area (Å²) in [7, 11) is 1.66. The number of rotatable bonds is 2. The Kier molecular flexibility index (Phi) is 3.29. The molecule has 0 aliphatic carbocycles. The SMILES string of the molecule is COc1ccc(-c2ccncc2C#N)c(C)c1C. The van der Waals surface area contributed by atoms with Crippen LogP contribution in [0.2, 0.25) is 0 Å². The Morgan fingerprint density at radius 1 is 1.11 bits per heavy atom. The molecule has 1 heterocycles. The molecule has 0 bridgehead atoms. The van der Waals surface area contributed by atoms with Gasteiger partial charge in [-0.3, -0.25) is 4.98 Å². The van der Waals surface area contributed by atoms with Gasteiger partial charge < -0.3 is 4.74 Å². The molecule has 2 aromatic rings. The molecule has 1 aromatic heterocycles. The highest BCUT2D eigenvalue weighted by molar-refractivity contribution is 5.74. The number of methoxy groups -OCH3 is 1. The van der Waals surface area contributed by atoms with E-state index in [9.17, 15) is 0 Å². The zero-order valence-electron chi connectivity index (χ0n) is 10.7. The van der Waals surface area contributed by atoms with Crippen molar-refractivity contribution in [3.8, 4) is 22.9 Å². The van der Waals surface area contributed by atoms with Gasteiger partial charge in [-0.25, -0.2) is 0 Å². The van der Waals surface area contributed by atoms with Crippen molar-refractivity contribution >= 4 is 0 Å². The number of hydrogen-bond donors (Lipinski definition) is 0. The standard InChI is InChI=1S/C15H14N2O/c1-10-11(2)15(18-3)5-4-13(10)14-6-7-17-9-12(14)8-16/h4-7,9H,1-3H3. The van der Waals surface area contributed by atoms with Crippen molar-refractivity contribution in [2.24, 2.45) is 0 Å². The molecule has 3 nitrogen and oxygen atoms in total. The molecule has 0 aliphatic rings. The topological polar surface area (TPSA) is 45.9 Å². The van der Waals surface area contributed by atoms with E-state index in [0.29, 0.717) is 5.56 Å². The Balaban J connectivity index is 2.66. The van der Waals surface area contributed by atoms with Crippen LogP contribution in [0.4, 0.5) is 0 Å². The average molecular weight is 238 g/mol. The molecule has 1 aromatic carbocycles. The maximum Gasteiger partial charge on any atom is 0.122 e. The van der Waals surface area contributed by atoms with Gasteiger partial charge in [0.25, 0.3) is 0 Å². The van der Waals surface area contributed by atoms with Gasteiger partial charge in [-0.05, 0) is 42.7 Å². The van der Waals surface area contributed by atoms with Gasteiger partial charge in [-0.15, -0.1) is 0 Å². The Morgan fingerprint density at radius 3 is 2.56 bits per heavy atom. The summed E-state index contributed by atoms with van der Waals surface area (Å²) in [4.78, 5) is 3.98. The Hall–Kier alpha value is -2.34. The third-order valence-electron chi connectivity index (χ3n) is 3.19. The zero-order valence-corrected chi connectivity index (χ0v) is 10.7. The van der Waals surface area contributed by atoms with Crippen LogP contribution in [0.15, 0.2) is 30.6 Å². The predicted octanol–water partition coefficient (Wildman–Crippen LogP) is 3.25. The highest BCUT2D eigenvalue weighted by atomic mass is 16.5. The zero-order chi connectivity index (χ0) is 13.1. The van der Waals surface area contributed by atoms with Gasteiger partial charge >= 0.3 is 0 Å². The molecule has 0 saturated heterocycles. The predicted molar refractivity (Wildman–Crippen MR) is 70.4 cm³/mol. The third kappa shape index (κ3) is 1.93. The van der Waals surface area contributed by atoms with Gasteiger partial charge in [-0.2, -0.15) is 5.26 Å². The van der Waals surface area contributed by atoms with Crippen molar-refractivity contribution in [2.45, 2.75) is 13.8 Å². The fourth-order valence-corrected chi connectivity index (χ4v) is 2.03. The molecule has 18 heavy (non-hydrogen) atoms. The summed E-state index contributed by atoms with van der Waals surface area (Å²) in [5, 5.41) is 9.13. The molecule has 0 N–H and O–H groups in total. The van der Waals surface area contributed by atoms with Crippen LogP contribution in [0.1, 0.15) is 16.7 Å². The lowest BCUT2D eigenvalue weighted by Gasteiger charge is -2.13. The van der Waals surface area contributed by atoms with E-state index in [1.54, 1.807) is 19.5 Å². The minimum absolute atomic E-state index is 0.588. The third-order valence-corrected chi connectivity index (χ3v) is 3.19. The molecule has 0 fully saturated rings. The number of hydrogen-bond acceptors (Lipinski definition) is 3. The molecule has 0 radical (unpaired) electrons. The van der Waals surface area contributed by atoms with Crippen LogP contribution < -0.4 is 4.74 Å². The van der Waals surface area contributed by atoms with E-state index in [-0.39, 0.29) is 0 Å². The van der Waals surface area contributed by atoms with E-state index in [4.69, 9.17) is 10.00 Å². The lowest BCUT2D eigenvalue weighted by atomic mass is 9.94. The molecular formula is C15H14N2O. The van der Waals surface area contributed by atoms with E-state index in [1.807, 2.05) is 32.0 Å². The quantitative estimate of drug-likeness (QED) is 0.806. The van der Waals surface area contributed by atoms with E-state index in [0.717, 1.165) is 28.0 Å². The molecular weight excluding hydrogens is 224 g/mol. The first-order chi connectivity index (χ1) is 8.69. The lowest BCUT2D eigenvalue weighted by molar-refractivity contribution is 0.411. The molecule has 3 heteroatoms. The molecule has 0 atom stereocenters. The molecule has 0 amide bonds. The number of benzene rings is 1. The maximum absolute atomic E-state index is 9.13. The molecule has 0 spiro atoms. The number of ether oxygens (including phenoxy) is 1. The van der Waals surface area contributed by atoms with Gasteiger partial charge in [0.15, 0.2) is 0 Å². The Morgan fingerprint density at radius 2 is 1.89 bits per heavy atom. The summed E-state index contributed by atoms with van der Waals surface area (Å²) < 4.78 is 5.30. The van der Waals surface area contributed by atoms with Crippen LogP contribution in [-0.2, 0) is 0 Å². The Labute approximate surface area is 107 Å². The number of nitriles is 1. The second-order valence-corrected chi connectivity index (χ2v) is 4.10.